The maximum absolute atomic E-state index is 12.2. The van der Waals surface area contributed by atoms with Crippen molar-refractivity contribution in [1.29, 1.82) is 0 Å². The van der Waals surface area contributed by atoms with Gasteiger partial charge in [0.1, 0.15) is 0 Å². The number of nitrogens with zero attached hydrogens (tertiary/aromatic N) is 1. The summed E-state index contributed by atoms with van der Waals surface area (Å²) in [7, 11) is 0. The van der Waals surface area contributed by atoms with Crippen molar-refractivity contribution in [3.8, 4) is 0 Å². The van der Waals surface area contributed by atoms with E-state index in [1.54, 1.807) is 6.07 Å². The number of para-hydroxylation sites is 1. The quantitative estimate of drug-likeness (QED) is 0.586. The van der Waals surface area contributed by atoms with Gasteiger partial charge >= 0.3 is 6.03 Å². The van der Waals surface area contributed by atoms with Gasteiger partial charge in [-0.2, -0.15) is 0 Å². The topological polar surface area (TPSA) is 73.5 Å². The van der Waals surface area contributed by atoms with Crippen LogP contribution in [-0.2, 0) is 11.3 Å². The largest absolute Gasteiger partial charge is 0.335 e. The molecule has 2 aromatic rings. The molecule has 0 aromatic heterocycles. The summed E-state index contributed by atoms with van der Waals surface area (Å²) in [5, 5.41) is 9.37. The number of piperidine rings is 1. The van der Waals surface area contributed by atoms with E-state index in [1.165, 1.54) is 0 Å². The number of hydrogen-bond donors (Lipinski definition) is 3. The smallest absolute Gasteiger partial charge is 0.315 e. The number of carbonyl (C=O) groups excluding carboxylic acids is 2. The average molecular weight is 480 g/mol. The molecule has 154 valence electrons. The third kappa shape index (κ3) is 7.03. The Balaban J connectivity index is 1.35. The van der Waals surface area contributed by atoms with E-state index in [4.69, 9.17) is 11.6 Å². The number of hydrogen-bond acceptors (Lipinski definition) is 3. The van der Waals surface area contributed by atoms with E-state index in [0.717, 1.165) is 41.7 Å². The Morgan fingerprint density at radius 1 is 1.10 bits per heavy atom. The van der Waals surface area contributed by atoms with Gasteiger partial charge in [0.2, 0.25) is 5.91 Å². The molecule has 1 heterocycles. The third-order valence-corrected chi connectivity index (χ3v) is 5.65. The van der Waals surface area contributed by atoms with Gasteiger partial charge in [-0.3, -0.25) is 9.69 Å². The number of anilines is 1. The SMILES string of the molecule is O=C(CN1CCC(NC(=O)NCc2ccc(Br)cc2Cl)CC1)Nc1ccccc1. The highest BCUT2D eigenvalue weighted by Gasteiger charge is 2.22. The fourth-order valence-electron chi connectivity index (χ4n) is 3.24. The molecule has 1 aliphatic heterocycles. The van der Waals surface area contributed by atoms with E-state index in [9.17, 15) is 9.59 Å². The monoisotopic (exact) mass is 478 g/mol. The van der Waals surface area contributed by atoms with Crippen LogP contribution in [0.25, 0.3) is 0 Å². The Labute approximate surface area is 184 Å². The first-order valence-electron chi connectivity index (χ1n) is 9.55. The van der Waals surface area contributed by atoms with Crippen LogP contribution in [0.1, 0.15) is 18.4 Å². The van der Waals surface area contributed by atoms with Crippen molar-refractivity contribution in [3.05, 3.63) is 63.6 Å². The lowest BCUT2D eigenvalue weighted by atomic mass is 10.1. The molecule has 0 saturated carbocycles. The highest BCUT2D eigenvalue weighted by Crippen LogP contribution is 2.21. The Morgan fingerprint density at radius 3 is 2.52 bits per heavy atom. The molecule has 0 radical (unpaired) electrons. The highest BCUT2D eigenvalue weighted by molar-refractivity contribution is 9.10. The van der Waals surface area contributed by atoms with Gasteiger partial charge in [-0.05, 0) is 42.7 Å². The van der Waals surface area contributed by atoms with Crippen LogP contribution in [0.5, 0.6) is 0 Å². The van der Waals surface area contributed by atoms with Crippen molar-refractivity contribution in [3.63, 3.8) is 0 Å². The summed E-state index contributed by atoms with van der Waals surface area (Å²) < 4.78 is 0.903. The van der Waals surface area contributed by atoms with Crippen LogP contribution in [-0.4, -0.2) is 42.5 Å². The van der Waals surface area contributed by atoms with Crippen LogP contribution in [0.15, 0.2) is 53.0 Å². The summed E-state index contributed by atoms with van der Waals surface area (Å²) in [6.07, 6.45) is 1.62. The minimum atomic E-state index is -0.204. The fourth-order valence-corrected chi connectivity index (χ4v) is 3.98. The zero-order valence-corrected chi connectivity index (χ0v) is 18.3. The Kier molecular flexibility index (Phi) is 7.91. The van der Waals surface area contributed by atoms with Crippen LogP contribution >= 0.6 is 27.5 Å². The predicted molar refractivity (Wildman–Crippen MR) is 119 cm³/mol. The van der Waals surface area contributed by atoms with Gasteiger partial charge in [0.15, 0.2) is 0 Å². The van der Waals surface area contributed by atoms with E-state index in [0.29, 0.717) is 18.1 Å². The normalized spacial score (nSPS) is 15.0. The molecule has 3 N–H and O–H groups in total. The first kappa shape index (κ1) is 21.6. The Morgan fingerprint density at radius 2 is 1.83 bits per heavy atom. The van der Waals surface area contributed by atoms with Gasteiger partial charge in [-0.15, -0.1) is 0 Å². The van der Waals surface area contributed by atoms with Gasteiger partial charge in [0, 0.05) is 40.9 Å². The Bertz CT molecular complexity index is 842. The lowest BCUT2D eigenvalue weighted by Crippen LogP contribution is -2.48. The molecule has 1 fully saturated rings. The molecule has 3 rings (SSSR count). The molecule has 0 aliphatic carbocycles. The van der Waals surface area contributed by atoms with Crippen LogP contribution in [0.3, 0.4) is 0 Å². The van der Waals surface area contributed by atoms with Gasteiger partial charge in [-0.1, -0.05) is 51.8 Å². The van der Waals surface area contributed by atoms with Crippen LogP contribution in [0.2, 0.25) is 5.02 Å². The second kappa shape index (κ2) is 10.6. The molecule has 0 bridgehead atoms. The molecule has 1 aliphatic rings. The summed E-state index contributed by atoms with van der Waals surface area (Å²) in [6.45, 7) is 2.27. The minimum absolute atomic E-state index is 0.0215. The molecule has 0 spiro atoms. The number of carbonyl (C=O) groups is 2. The van der Waals surface area contributed by atoms with E-state index in [1.807, 2.05) is 42.5 Å². The van der Waals surface area contributed by atoms with Gasteiger partial charge in [-0.25, -0.2) is 4.79 Å². The molecule has 0 unspecified atom stereocenters. The summed E-state index contributed by atoms with van der Waals surface area (Å²) in [6, 6.07) is 14.9. The standard InChI is InChI=1S/C21H24BrClN4O2/c22-16-7-6-15(19(23)12-16)13-24-21(29)26-18-8-10-27(11-9-18)14-20(28)25-17-4-2-1-3-5-17/h1-7,12,18H,8-11,13-14H2,(H,25,28)(H2,24,26,29). The fraction of sp³-hybridized carbons (Fsp3) is 0.333. The van der Waals surface area contributed by atoms with E-state index >= 15 is 0 Å². The zero-order valence-electron chi connectivity index (χ0n) is 16.0. The molecular formula is C21H24BrClN4O2. The van der Waals surface area contributed by atoms with Crippen LogP contribution in [0.4, 0.5) is 10.5 Å². The van der Waals surface area contributed by atoms with Gasteiger partial charge < -0.3 is 16.0 Å². The second-order valence-corrected chi connectivity index (χ2v) is 8.35. The lowest BCUT2D eigenvalue weighted by Gasteiger charge is -2.31. The molecule has 3 amide bonds. The molecule has 1 saturated heterocycles. The first-order chi connectivity index (χ1) is 14.0. The number of nitrogens with one attached hydrogen (secondary N) is 3. The average Bonchev–Trinajstić information content (AvgIpc) is 2.69. The molecule has 29 heavy (non-hydrogen) atoms. The number of urea groups is 1. The van der Waals surface area contributed by atoms with Crippen molar-refractivity contribution in [2.75, 3.05) is 25.0 Å². The number of amides is 3. The summed E-state index contributed by atoms with van der Waals surface area (Å²) >= 11 is 9.54. The number of likely N-dealkylation sites (tertiary alicyclic amines) is 1. The Hall–Kier alpha value is -2.09. The van der Waals surface area contributed by atoms with E-state index in [-0.39, 0.29) is 18.0 Å². The van der Waals surface area contributed by atoms with Crippen molar-refractivity contribution in [2.24, 2.45) is 0 Å². The molecule has 6 nitrogen and oxygen atoms in total. The van der Waals surface area contributed by atoms with Gasteiger partial charge in [0.05, 0.1) is 6.54 Å². The van der Waals surface area contributed by atoms with Crippen molar-refractivity contribution < 1.29 is 9.59 Å². The highest BCUT2D eigenvalue weighted by atomic mass is 79.9. The summed E-state index contributed by atoms with van der Waals surface area (Å²) in [4.78, 5) is 26.4. The van der Waals surface area contributed by atoms with E-state index in [2.05, 4.69) is 36.8 Å². The first-order valence-corrected chi connectivity index (χ1v) is 10.7. The second-order valence-electron chi connectivity index (χ2n) is 7.03. The van der Waals surface area contributed by atoms with Crippen molar-refractivity contribution in [2.45, 2.75) is 25.4 Å². The lowest BCUT2D eigenvalue weighted by molar-refractivity contribution is -0.117. The van der Waals surface area contributed by atoms with Gasteiger partial charge in [0.25, 0.3) is 0 Å². The molecule has 2 aromatic carbocycles. The summed E-state index contributed by atoms with van der Waals surface area (Å²) in [5.74, 6) is -0.0215. The zero-order chi connectivity index (χ0) is 20.6. The van der Waals surface area contributed by atoms with Crippen LogP contribution in [0, 0.1) is 0 Å². The maximum Gasteiger partial charge on any atom is 0.315 e. The molecule has 8 heteroatoms. The third-order valence-electron chi connectivity index (χ3n) is 4.80. The summed E-state index contributed by atoms with van der Waals surface area (Å²) in [5.41, 5.74) is 1.67. The molecular weight excluding hydrogens is 456 g/mol. The van der Waals surface area contributed by atoms with Crippen LogP contribution < -0.4 is 16.0 Å². The van der Waals surface area contributed by atoms with E-state index < -0.39 is 0 Å². The number of rotatable bonds is 6. The maximum atomic E-state index is 12.2. The van der Waals surface area contributed by atoms with Crippen molar-refractivity contribution in [1.82, 2.24) is 15.5 Å². The predicted octanol–water partition coefficient (Wildman–Crippen LogP) is 4.00. The van der Waals surface area contributed by atoms with Crippen molar-refractivity contribution >= 4 is 45.2 Å². The minimum Gasteiger partial charge on any atom is -0.335 e. The molecule has 0 atom stereocenters. The number of halogens is 2. The number of benzene rings is 2.